The summed E-state index contributed by atoms with van der Waals surface area (Å²) >= 11 is 5.54. The van der Waals surface area contributed by atoms with Crippen LogP contribution in [0.1, 0.15) is 11.1 Å². The number of halogens is 7. The molecule has 0 aliphatic heterocycles. The van der Waals surface area contributed by atoms with Crippen molar-refractivity contribution in [3.63, 3.8) is 0 Å². The normalized spacial score (nSPS) is 11.3. The number of thiophene rings is 2. The van der Waals surface area contributed by atoms with Gasteiger partial charge in [0, 0.05) is 26.7 Å². The third-order valence-corrected chi connectivity index (χ3v) is 10.3. The van der Waals surface area contributed by atoms with Crippen molar-refractivity contribution in [2.24, 2.45) is 0 Å². The van der Waals surface area contributed by atoms with E-state index in [1.165, 1.54) is 15.7 Å². The first-order valence-electron chi connectivity index (χ1n) is 16.3. The van der Waals surface area contributed by atoms with Crippen molar-refractivity contribution in [2.75, 3.05) is 0 Å². The van der Waals surface area contributed by atoms with Crippen LogP contribution in [0.25, 0.3) is 31.3 Å². The highest BCUT2D eigenvalue weighted by atomic mass is 127. The van der Waals surface area contributed by atoms with Gasteiger partial charge in [-0.05, 0) is 111 Å². The Morgan fingerprint density at radius 3 is 1.32 bits per heavy atom. The molecule has 0 saturated heterocycles. The molecule has 0 amide bonds. The first-order chi connectivity index (χ1) is 26.7. The minimum Gasteiger partial charge on any atom is -0.455 e. The summed E-state index contributed by atoms with van der Waals surface area (Å²) in [6, 6.07) is 28.0. The van der Waals surface area contributed by atoms with E-state index in [4.69, 9.17) is 19.5 Å². The fraction of sp³-hybridized carbons (Fsp3) is 0.0500. The smallest absolute Gasteiger partial charge is 0.455 e. The largest absolute Gasteiger partial charge is 0.488 e. The fourth-order valence-corrected chi connectivity index (χ4v) is 6.96. The Kier molecular flexibility index (Phi) is 13.0. The number of rotatable bonds is 6. The molecule has 284 valence electrons. The van der Waals surface area contributed by atoms with Gasteiger partial charge in [-0.25, -0.2) is 0 Å². The summed E-state index contributed by atoms with van der Waals surface area (Å²) in [7, 11) is -1.73. The van der Waals surface area contributed by atoms with Crippen molar-refractivity contribution >= 4 is 78.0 Å². The Balaban J connectivity index is 0.000000153. The van der Waals surface area contributed by atoms with E-state index in [0.717, 1.165) is 73.6 Å². The van der Waals surface area contributed by atoms with Crippen LogP contribution in [0.4, 0.5) is 26.3 Å². The molecule has 0 radical (unpaired) electrons. The Labute approximate surface area is 338 Å². The van der Waals surface area contributed by atoms with Gasteiger partial charge in [0.05, 0.1) is 32.9 Å². The first-order valence-corrected chi connectivity index (χ1v) is 19.1. The van der Waals surface area contributed by atoms with Crippen LogP contribution in [-0.2, 0) is 12.4 Å². The van der Waals surface area contributed by atoms with E-state index in [0.29, 0.717) is 17.1 Å². The monoisotopic (exact) mass is 914 g/mol. The summed E-state index contributed by atoms with van der Waals surface area (Å²) in [5, 5.41) is 23.3. The zero-order valence-corrected chi connectivity index (χ0v) is 32.3. The summed E-state index contributed by atoms with van der Waals surface area (Å²) < 4.78 is 89.1. The maximum atomic E-state index is 12.6. The van der Waals surface area contributed by atoms with E-state index in [9.17, 15) is 26.3 Å². The second-order valence-corrected chi connectivity index (χ2v) is 14.8. The molecule has 4 heterocycles. The van der Waals surface area contributed by atoms with Crippen LogP contribution in [0.3, 0.4) is 0 Å². The van der Waals surface area contributed by atoms with Crippen molar-refractivity contribution < 1.29 is 45.9 Å². The van der Waals surface area contributed by atoms with Crippen molar-refractivity contribution in [3.05, 3.63) is 159 Å². The van der Waals surface area contributed by atoms with Crippen LogP contribution in [0.15, 0.2) is 145 Å². The number of fused-ring (bicyclic) bond motifs is 2. The van der Waals surface area contributed by atoms with Gasteiger partial charge in [0.2, 0.25) is 0 Å². The molecule has 0 fully saturated rings. The van der Waals surface area contributed by atoms with Gasteiger partial charge in [-0.2, -0.15) is 26.3 Å². The topological polar surface area (TPSA) is 84.7 Å². The summed E-state index contributed by atoms with van der Waals surface area (Å²) in [6.45, 7) is 0. The number of benzene rings is 4. The molecule has 4 aromatic heterocycles. The van der Waals surface area contributed by atoms with Crippen molar-refractivity contribution in [3.8, 4) is 34.1 Å². The van der Waals surface area contributed by atoms with Gasteiger partial charge in [-0.1, -0.05) is 48.5 Å². The average Bonchev–Trinajstić information content (AvgIpc) is 3.88. The van der Waals surface area contributed by atoms with Gasteiger partial charge < -0.3 is 19.5 Å². The molecule has 0 unspecified atom stereocenters. The van der Waals surface area contributed by atoms with Crippen molar-refractivity contribution in [1.82, 2.24) is 9.97 Å². The summed E-state index contributed by atoms with van der Waals surface area (Å²) in [6.07, 6.45) is -1.64. The maximum Gasteiger partial charge on any atom is 0.488 e. The summed E-state index contributed by atoms with van der Waals surface area (Å²) in [5.41, 5.74) is 0.103. The Hall–Kier alpha value is -5.01. The predicted molar refractivity (Wildman–Crippen MR) is 217 cm³/mol. The highest BCUT2D eigenvalue weighted by molar-refractivity contribution is 14.1. The number of alkyl halides is 6. The van der Waals surface area contributed by atoms with E-state index in [1.54, 1.807) is 53.4 Å². The lowest BCUT2D eigenvalue weighted by Crippen LogP contribution is -2.29. The van der Waals surface area contributed by atoms with Gasteiger partial charge in [-0.15, -0.1) is 22.7 Å². The van der Waals surface area contributed by atoms with Gasteiger partial charge in [-0.3, -0.25) is 9.97 Å². The van der Waals surface area contributed by atoms with Crippen LogP contribution in [-0.4, -0.2) is 27.1 Å². The molecular weight excluding hydrogens is 888 g/mol. The molecule has 16 heteroatoms. The summed E-state index contributed by atoms with van der Waals surface area (Å²) in [5.74, 6) is 2.96. The van der Waals surface area contributed by atoms with Crippen LogP contribution in [0.5, 0.6) is 23.0 Å². The standard InChI is InChI=1S/C20H12F3NOS.C13H8INOS.C7H6BF3O2/c21-20(22,23)15-5-1-13(2-6-15)14-3-7-16(8-4-14)25-18-11-24-12-19-17(18)9-10-26-19;14-9-1-3-10(4-2-9)16-12-7-15-8-13-11(12)5-6-17-13;9-7(10,11)5-1-3-6(4-2-5)8(12)13/h1-12H;1-8H;1-4,12-13H. The third kappa shape index (κ3) is 10.6. The zero-order chi connectivity index (χ0) is 39.9. The first kappa shape index (κ1) is 40.7. The molecular formula is C40H26BF6IN2O4S2. The van der Waals surface area contributed by atoms with E-state index in [-0.39, 0.29) is 5.46 Å². The van der Waals surface area contributed by atoms with E-state index >= 15 is 0 Å². The molecule has 8 aromatic rings. The Morgan fingerprint density at radius 2 is 0.911 bits per heavy atom. The molecule has 0 aliphatic rings. The SMILES string of the molecule is FC(F)(F)c1ccc(-c2ccc(Oc3cncc4sccc34)cc2)cc1.Ic1ccc(Oc2cncc3sccc23)cc1.OB(O)c1ccc(C(F)(F)F)cc1. The van der Waals surface area contributed by atoms with E-state index in [2.05, 4.69) is 38.6 Å². The van der Waals surface area contributed by atoms with Gasteiger partial charge >= 0.3 is 19.5 Å². The van der Waals surface area contributed by atoms with E-state index < -0.39 is 30.6 Å². The number of ether oxygens (including phenoxy) is 2. The van der Waals surface area contributed by atoms with Crippen LogP contribution < -0.4 is 14.9 Å². The molecule has 0 aliphatic carbocycles. The minimum atomic E-state index is -4.39. The van der Waals surface area contributed by atoms with Gasteiger partial charge in [0.25, 0.3) is 0 Å². The van der Waals surface area contributed by atoms with Crippen LogP contribution in [0, 0.1) is 3.57 Å². The van der Waals surface area contributed by atoms with Crippen molar-refractivity contribution in [2.45, 2.75) is 12.4 Å². The van der Waals surface area contributed by atoms with Crippen LogP contribution >= 0.6 is 45.3 Å². The van der Waals surface area contributed by atoms with Crippen molar-refractivity contribution in [1.29, 1.82) is 0 Å². The molecule has 8 rings (SSSR count). The molecule has 6 nitrogen and oxygen atoms in total. The molecule has 4 aromatic carbocycles. The lowest BCUT2D eigenvalue weighted by molar-refractivity contribution is -0.138. The average molecular weight is 914 g/mol. The number of hydrogen-bond donors (Lipinski definition) is 2. The number of hydrogen-bond acceptors (Lipinski definition) is 8. The molecule has 2 N–H and O–H groups in total. The van der Waals surface area contributed by atoms with Gasteiger partial charge in [0.15, 0.2) is 11.5 Å². The second-order valence-electron chi connectivity index (χ2n) is 11.7. The highest BCUT2D eigenvalue weighted by Crippen LogP contribution is 2.35. The highest BCUT2D eigenvalue weighted by Gasteiger charge is 2.31. The second kappa shape index (κ2) is 17.9. The third-order valence-electron chi connectivity index (χ3n) is 7.89. The molecule has 0 atom stereocenters. The number of nitrogens with zero attached hydrogens (tertiary/aromatic N) is 2. The lowest BCUT2D eigenvalue weighted by Gasteiger charge is -2.09. The summed E-state index contributed by atoms with van der Waals surface area (Å²) in [4.78, 5) is 8.35. The van der Waals surface area contributed by atoms with E-state index in [1.807, 2.05) is 59.4 Å². The maximum absolute atomic E-state index is 12.6. The predicted octanol–water partition coefficient (Wildman–Crippen LogP) is 11.9. The molecule has 56 heavy (non-hydrogen) atoms. The minimum absolute atomic E-state index is 0.0352. The quantitative estimate of drug-likeness (QED) is 0.0982. The Morgan fingerprint density at radius 1 is 0.518 bits per heavy atom. The Bertz CT molecular complexity index is 2490. The van der Waals surface area contributed by atoms with Gasteiger partial charge in [0.1, 0.15) is 11.5 Å². The fourth-order valence-electron chi connectivity index (χ4n) is 5.06. The zero-order valence-electron chi connectivity index (χ0n) is 28.5. The number of pyridine rings is 2. The van der Waals surface area contributed by atoms with Crippen LogP contribution in [0.2, 0.25) is 0 Å². The number of aromatic nitrogens is 2. The lowest BCUT2D eigenvalue weighted by atomic mass is 9.80. The molecule has 0 saturated carbocycles. The molecule has 0 spiro atoms. The molecule has 0 bridgehead atoms.